The normalized spacial score (nSPS) is 13.3. The Morgan fingerprint density at radius 1 is 0.914 bits per heavy atom. The van der Waals surface area contributed by atoms with E-state index in [1.54, 1.807) is 12.3 Å². The van der Waals surface area contributed by atoms with Gasteiger partial charge in [0.25, 0.3) is 0 Å². The molecule has 0 atom stereocenters. The summed E-state index contributed by atoms with van der Waals surface area (Å²) in [4.78, 5) is 19.1. The Labute approximate surface area is 196 Å². The van der Waals surface area contributed by atoms with E-state index in [0.29, 0.717) is 11.6 Å². The van der Waals surface area contributed by atoms with Crippen molar-refractivity contribution in [2.24, 2.45) is 0 Å². The molecule has 35 heavy (non-hydrogen) atoms. The molecule has 13 heteroatoms. The summed E-state index contributed by atoms with van der Waals surface area (Å²) in [6.45, 7) is 1.69. The third kappa shape index (κ3) is 4.43. The van der Waals surface area contributed by atoms with Crippen molar-refractivity contribution in [3.05, 3.63) is 73.2 Å². The topological polar surface area (TPSA) is 101 Å². The van der Waals surface area contributed by atoms with Gasteiger partial charge in [-0.3, -0.25) is 0 Å². The molecular weight excluding hydrogens is 461 g/mol. The molecule has 1 aromatic carbocycles. The minimum atomic E-state index is -4.55. The molecule has 6 rings (SSSR count). The Balaban J connectivity index is 1.35. The van der Waals surface area contributed by atoms with Crippen LogP contribution < -0.4 is 15.5 Å². The lowest BCUT2D eigenvalue weighted by Crippen LogP contribution is -2.09. The van der Waals surface area contributed by atoms with Gasteiger partial charge in [-0.1, -0.05) is 0 Å². The number of pyridine rings is 1. The van der Waals surface area contributed by atoms with E-state index in [0.717, 1.165) is 36.6 Å². The molecule has 0 unspecified atom stereocenters. The maximum absolute atomic E-state index is 13.6. The minimum Gasteiger partial charge on any atom is -0.353 e. The van der Waals surface area contributed by atoms with E-state index in [4.69, 9.17) is 0 Å². The zero-order valence-corrected chi connectivity index (χ0v) is 18.0. The first-order valence-corrected chi connectivity index (χ1v) is 10.6. The van der Waals surface area contributed by atoms with Gasteiger partial charge in [-0.15, -0.1) is 0 Å². The van der Waals surface area contributed by atoms with E-state index in [1.165, 1.54) is 23.4 Å². The summed E-state index contributed by atoms with van der Waals surface area (Å²) in [7, 11) is 0. The fourth-order valence-electron chi connectivity index (χ4n) is 3.58. The van der Waals surface area contributed by atoms with Crippen LogP contribution in [-0.2, 0) is 6.18 Å². The Bertz CT molecular complexity index is 1510. The summed E-state index contributed by atoms with van der Waals surface area (Å²) in [6.07, 6.45) is 3.44. The first kappa shape index (κ1) is 20.9. The van der Waals surface area contributed by atoms with Crippen LogP contribution in [0.5, 0.6) is 0 Å². The van der Waals surface area contributed by atoms with Crippen LogP contribution in [0.3, 0.4) is 0 Å². The minimum absolute atomic E-state index is 0.155. The maximum Gasteiger partial charge on any atom is 0.416 e. The molecule has 0 aliphatic carbocycles. The fourth-order valence-corrected chi connectivity index (χ4v) is 3.58. The van der Waals surface area contributed by atoms with Crippen molar-refractivity contribution in [3.8, 4) is 5.69 Å². The Kier molecular flexibility index (Phi) is 4.76. The van der Waals surface area contributed by atoms with Crippen molar-refractivity contribution in [2.75, 3.05) is 28.6 Å². The van der Waals surface area contributed by atoms with Gasteiger partial charge in [0.15, 0.2) is 0 Å². The molecule has 1 saturated heterocycles. The number of fused-ring (bicyclic) bond motifs is 1. The molecule has 5 aromatic rings. The molecule has 0 amide bonds. The average molecular weight is 478 g/mol. The first-order valence-electron chi connectivity index (χ1n) is 10.6. The lowest BCUT2D eigenvalue weighted by atomic mass is 10.1. The lowest BCUT2D eigenvalue weighted by molar-refractivity contribution is -0.137. The number of halogens is 3. The molecule has 10 nitrogen and oxygen atoms in total. The lowest BCUT2D eigenvalue weighted by Gasteiger charge is -2.15. The Hall–Kier alpha value is -4.68. The summed E-state index contributed by atoms with van der Waals surface area (Å²) >= 11 is 0. The summed E-state index contributed by atoms with van der Waals surface area (Å²) < 4.78 is 43.8. The Morgan fingerprint density at radius 3 is 2.57 bits per heavy atom. The zero-order valence-electron chi connectivity index (χ0n) is 18.0. The highest BCUT2D eigenvalue weighted by Gasteiger charge is 2.31. The highest BCUT2D eigenvalue weighted by Crippen LogP contribution is 2.34. The Morgan fingerprint density at radius 2 is 1.80 bits per heavy atom. The molecule has 1 aliphatic rings. The number of hydrogen-bond acceptors (Lipinski definition) is 8. The molecule has 176 valence electrons. The molecule has 5 heterocycles. The van der Waals surface area contributed by atoms with Crippen LogP contribution >= 0.6 is 0 Å². The summed E-state index contributed by atoms with van der Waals surface area (Å²) in [6, 6.07) is 9.07. The van der Waals surface area contributed by atoms with Gasteiger partial charge in [-0.25, -0.2) is 14.6 Å². The summed E-state index contributed by atoms with van der Waals surface area (Å²) in [5.74, 6) is 1.31. The van der Waals surface area contributed by atoms with Crippen LogP contribution in [0, 0.1) is 0 Å². The fraction of sp³-hybridized carbons (Fsp3) is 0.136. The second kappa shape index (κ2) is 7.97. The van der Waals surface area contributed by atoms with E-state index >= 15 is 0 Å². The van der Waals surface area contributed by atoms with Gasteiger partial charge in [-0.05, 0) is 24.3 Å². The molecule has 1 fully saturated rings. The van der Waals surface area contributed by atoms with E-state index < -0.39 is 11.7 Å². The second-order valence-corrected chi connectivity index (χ2v) is 7.89. The van der Waals surface area contributed by atoms with Gasteiger partial charge in [0.2, 0.25) is 5.95 Å². The maximum atomic E-state index is 13.6. The number of nitrogens with one attached hydrogen (secondary N) is 2. The van der Waals surface area contributed by atoms with Crippen molar-refractivity contribution >= 4 is 34.6 Å². The standard InChI is InChI=1S/C22H17F3N10/c23-22(24,25)14-7-16(9-17(8-14)35-13-26-12-28-35)30-21-31-18(11-20(32-21)34-5-6-34)29-15-1-3-33-4-2-27-19(33)10-15/h1-4,7-13H,5-6H2,(H2,29,30,31,32). The molecule has 0 spiro atoms. The van der Waals surface area contributed by atoms with Crippen molar-refractivity contribution < 1.29 is 13.2 Å². The van der Waals surface area contributed by atoms with Crippen LogP contribution in [0.15, 0.2) is 67.6 Å². The van der Waals surface area contributed by atoms with E-state index in [2.05, 4.69) is 35.7 Å². The third-order valence-corrected chi connectivity index (χ3v) is 5.34. The molecule has 0 saturated carbocycles. The molecule has 0 bridgehead atoms. The van der Waals surface area contributed by atoms with Crippen molar-refractivity contribution in [1.82, 2.24) is 34.1 Å². The van der Waals surface area contributed by atoms with Gasteiger partial charge in [0.1, 0.15) is 29.9 Å². The largest absolute Gasteiger partial charge is 0.416 e. The highest BCUT2D eigenvalue weighted by molar-refractivity contribution is 5.67. The van der Waals surface area contributed by atoms with Crippen LogP contribution in [0.4, 0.5) is 42.1 Å². The van der Waals surface area contributed by atoms with E-state index in [9.17, 15) is 13.2 Å². The van der Waals surface area contributed by atoms with Gasteiger partial charge in [-0.2, -0.15) is 28.2 Å². The summed E-state index contributed by atoms with van der Waals surface area (Å²) in [5, 5.41) is 10.1. The van der Waals surface area contributed by atoms with Crippen molar-refractivity contribution in [2.45, 2.75) is 6.18 Å². The van der Waals surface area contributed by atoms with E-state index in [-0.39, 0.29) is 17.3 Å². The molecule has 4 aromatic heterocycles. The van der Waals surface area contributed by atoms with E-state index in [1.807, 2.05) is 33.8 Å². The highest BCUT2D eigenvalue weighted by atomic mass is 19.4. The predicted molar refractivity (Wildman–Crippen MR) is 122 cm³/mol. The van der Waals surface area contributed by atoms with Crippen molar-refractivity contribution in [3.63, 3.8) is 0 Å². The van der Waals surface area contributed by atoms with Crippen LogP contribution in [-0.4, -0.2) is 47.2 Å². The number of hydrogen-bond donors (Lipinski definition) is 2. The number of benzene rings is 1. The van der Waals surface area contributed by atoms with Crippen molar-refractivity contribution in [1.29, 1.82) is 0 Å². The zero-order chi connectivity index (χ0) is 24.0. The number of nitrogens with zero attached hydrogens (tertiary/aromatic N) is 8. The predicted octanol–water partition coefficient (Wildman–Crippen LogP) is 4.03. The number of rotatable bonds is 6. The molecule has 0 radical (unpaired) electrons. The van der Waals surface area contributed by atoms with Crippen LogP contribution in [0.1, 0.15) is 5.56 Å². The quantitative estimate of drug-likeness (QED) is 0.353. The average Bonchev–Trinajstić information content (AvgIpc) is 3.32. The second-order valence-electron chi connectivity index (χ2n) is 7.89. The van der Waals surface area contributed by atoms with Crippen LogP contribution in [0.25, 0.3) is 11.3 Å². The molecular formula is C22H17F3N10. The van der Waals surface area contributed by atoms with Gasteiger partial charge >= 0.3 is 6.18 Å². The number of alkyl halides is 3. The monoisotopic (exact) mass is 478 g/mol. The van der Waals surface area contributed by atoms with Crippen LogP contribution in [0.2, 0.25) is 0 Å². The van der Waals surface area contributed by atoms with Gasteiger partial charge in [0.05, 0.1) is 11.3 Å². The number of imidazole rings is 1. The number of aromatic nitrogens is 7. The van der Waals surface area contributed by atoms with Gasteiger partial charge < -0.3 is 19.9 Å². The summed E-state index contributed by atoms with van der Waals surface area (Å²) in [5.41, 5.74) is 1.06. The first-order chi connectivity index (χ1) is 16.9. The molecule has 2 N–H and O–H groups in total. The molecule has 1 aliphatic heterocycles. The smallest absolute Gasteiger partial charge is 0.353 e. The van der Waals surface area contributed by atoms with Gasteiger partial charge in [0, 0.05) is 55.2 Å². The SMILES string of the molecule is FC(F)(F)c1cc(Nc2nc(Nc3ccn4ccnc4c3)cc(N3CC3)n2)cc(-n2cncn2)c1. The third-order valence-electron chi connectivity index (χ3n) is 5.34. The number of anilines is 5.